The van der Waals surface area contributed by atoms with E-state index in [1.165, 1.54) is 5.56 Å². The summed E-state index contributed by atoms with van der Waals surface area (Å²) in [5.41, 5.74) is 1.25. The molecular weight excluding hydrogens is 240 g/mol. The summed E-state index contributed by atoms with van der Waals surface area (Å²) >= 11 is 0. The molecule has 1 amide bonds. The Morgan fingerprint density at radius 3 is 2.79 bits per heavy atom. The molecule has 2 aromatic heterocycles. The van der Waals surface area contributed by atoms with Crippen molar-refractivity contribution in [3.8, 4) is 0 Å². The van der Waals surface area contributed by atoms with Crippen LogP contribution < -0.4 is 0 Å². The quantitative estimate of drug-likeness (QED) is 0.817. The van der Waals surface area contributed by atoms with Gasteiger partial charge >= 0.3 is 0 Å². The van der Waals surface area contributed by atoms with E-state index in [1.54, 1.807) is 29.4 Å². The van der Waals surface area contributed by atoms with Gasteiger partial charge in [-0.15, -0.1) is 0 Å². The van der Waals surface area contributed by atoms with E-state index in [-0.39, 0.29) is 5.91 Å². The van der Waals surface area contributed by atoms with Crippen molar-refractivity contribution in [1.82, 2.24) is 19.4 Å². The minimum atomic E-state index is 0.0176. The Morgan fingerprint density at radius 2 is 2.11 bits per heavy atom. The lowest BCUT2D eigenvalue weighted by Gasteiger charge is -2.16. The van der Waals surface area contributed by atoms with E-state index in [2.05, 4.69) is 9.97 Å². The standard InChI is InChI=1S/C14H16N4O/c1-17-9-7-16-13(17)14(19)18-8-4-12(10-18)11-2-5-15-6-3-11/h2-3,5-7,9,12H,4,8,10H2,1H3. The van der Waals surface area contributed by atoms with Crippen LogP contribution in [0.25, 0.3) is 0 Å². The lowest BCUT2D eigenvalue weighted by atomic mass is 10.00. The van der Waals surface area contributed by atoms with Gasteiger partial charge in [-0.25, -0.2) is 4.98 Å². The van der Waals surface area contributed by atoms with Crippen molar-refractivity contribution in [2.45, 2.75) is 12.3 Å². The number of nitrogens with zero attached hydrogens (tertiary/aromatic N) is 4. The van der Waals surface area contributed by atoms with E-state index in [0.29, 0.717) is 11.7 Å². The summed E-state index contributed by atoms with van der Waals surface area (Å²) in [7, 11) is 1.84. The summed E-state index contributed by atoms with van der Waals surface area (Å²) in [6, 6.07) is 4.05. The van der Waals surface area contributed by atoms with E-state index in [0.717, 1.165) is 19.5 Å². The molecule has 3 rings (SSSR count). The molecule has 5 nitrogen and oxygen atoms in total. The molecular formula is C14H16N4O. The number of imidazole rings is 1. The number of hydrogen-bond donors (Lipinski definition) is 0. The van der Waals surface area contributed by atoms with Gasteiger partial charge in [0.15, 0.2) is 5.82 Å². The molecule has 98 valence electrons. The van der Waals surface area contributed by atoms with Gasteiger partial charge in [0.2, 0.25) is 0 Å². The summed E-state index contributed by atoms with van der Waals surface area (Å²) in [5.74, 6) is 0.937. The topological polar surface area (TPSA) is 51.0 Å². The Balaban J connectivity index is 1.73. The van der Waals surface area contributed by atoms with Crippen LogP contribution >= 0.6 is 0 Å². The van der Waals surface area contributed by atoms with Gasteiger partial charge in [0.25, 0.3) is 5.91 Å². The molecule has 0 saturated carbocycles. The normalized spacial score (nSPS) is 18.8. The van der Waals surface area contributed by atoms with E-state index < -0.39 is 0 Å². The molecule has 1 atom stereocenters. The highest BCUT2D eigenvalue weighted by atomic mass is 16.2. The summed E-state index contributed by atoms with van der Waals surface area (Å²) in [6.07, 6.45) is 8.06. The molecule has 0 N–H and O–H groups in total. The Kier molecular flexibility index (Phi) is 3.03. The molecule has 1 aliphatic rings. The molecule has 5 heteroatoms. The third-order valence-electron chi connectivity index (χ3n) is 3.67. The second-order valence-corrected chi connectivity index (χ2v) is 4.88. The van der Waals surface area contributed by atoms with Crippen LogP contribution in [0.2, 0.25) is 0 Å². The third-order valence-corrected chi connectivity index (χ3v) is 3.67. The number of rotatable bonds is 2. The fraction of sp³-hybridized carbons (Fsp3) is 0.357. The SMILES string of the molecule is Cn1ccnc1C(=O)N1CCC(c2ccncc2)C1. The maximum atomic E-state index is 12.3. The molecule has 3 heterocycles. The van der Waals surface area contributed by atoms with Crippen molar-refractivity contribution < 1.29 is 4.79 Å². The Bertz CT molecular complexity index is 578. The highest BCUT2D eigenvalue weighted by Gasteiger charge is 2.29. The highest BCUT2D eigenvalue weighted by molar-refractivity contribution is 5.91. The van der Waals surface area contributed by atoms with Gasteiger partial charge in [-0.05, 0) is 24.1 Å². The molecule has 1 fully saturated rings. The van der Waals surface area contributed by atoms with E-state index in [9.17, 15) is 4.79 Å². The average Bonchev–Trinajstić information content (AvgIpc) is 3.08. The van der Waals surface area contributed by atoms with Crippen molar-refractivity contribution in [3.63, 3.8) is 0 Å². The van der Waals surface area contributed by atoms with Gasteiger partial charge in [0, 0.05) is 50.8 Å². The Morgan fingerprint density at radius 1 is 1.32 bits per heavy atom. The number of hydrogen-bond acceptors (Lipinski definition) is 3. The smallest absolute Gasteiger partial charge is 0.289 e. The first-order valence-electron chi connectivity index (χ1n) is 6.42. The fourth-order valence-electron chi connectivity index (χ4n) is 2.57. The predicted molar refractivity (Wildman–Crippen MR) is 70.7 cm³/mol. The summed E-state index contributed by atoms with van der Waals surface area (Å²) in [5, 5.41) is 0. The largest absolute Gasteiger partial charge is 0.335 e. The van der Waals surface area contributed by atoms with Crippen molar-refractivity contribution >= 4 is 5.91 Å². The van der Waals surface area contributed by atoms with E-state index in [4.69, 9.17) is 0 Å². The molecule has 1 aliphatic heterocycles. The highest BCUT2D eigenvalue weighted by Crippen LogP contribution is 2.27. The minimum Gasteiger partial charge on any atom is -0.335 e. The maximum Gasteiger partial charge on any atom is 0.289 e. The Labute approximate surface area is 111 Å². The zero-order valence-corrected chi connectivity index (χ0v) is 10.9. The van der Waals surface area contributed by atoms with Gasteiger partial charge in [-0.3, -0.25) is 9.78 Å². The number of pyridine rings is 1. The number of aryl methyl sites for hydroxylation is 1. The number of likely N-dealkylation sites (tertiary alicyclic amines) is 1. The molecule has 1 saturated heterocycles. The summed E-state index contributed by atoms with van der Waals surface area (Å²) in [6.45, 7) is 1.55. The molecule has 0 bridgehead atoms. The fourth-order valence-corrected chi connectivity index (χ4v) is 2.57. The van der Waals surface area contributed by atoms with Crippen LogP contribution in [0.15, 0.2) is 36.9 Å². The molecule has 0 radical (unpaired) electrons. The van der Waals surface area contributed by atoms with Crippen molar-refractivity contribution in [1.29, 1.82) is 0 Å². The van der Waals surface area contributed by atoms with E-state index in [1.807, 2.05) is 24.1 Å². The first-order valence-corrected chi connectivity index (χ1v) is 6.42. The molecule has 1 unspecified atom stereocenters. The van der Waals surface area contributed by atoms with Crippen LogP contribution in [-0.2, 0) is 7.05 Å². The van der Waals surface area contributed by atoms with Gasteiger partial charge in [-0.1, -0.05) is 0 Å². The second-order valence-electron chi connectivity index (χ2n) is 4.88. The number of carbonyl (C=O) groups is 1. The Hall–Kier alpha value is -2.17. The number of carbonyl (C=O) groups excluding carboxylic acids is 1. The lowest BCUT2D eigenvalue weighted by Crippen LogP contribution is -2.30. The second kappa shape index (κ2) is 4.84. The van der Waals surface area contributed by atoms with Gasteiger partial charge in [0.1, 0.15) is 0 Å². The average molecular weight is 256 g/mol. The first kappa shape index (κ1) is 11.9. The summed E-state index contributed by atoms with van der Waals surface area (Å²) < 4.78 is 1.77. The molecule has 19 heavy (non-hydrogen) atoms. The van der Waals surface area contributed by atoms with Crippen LogP contribution in [0.4, 0.5) is 0 Å². The molecule has 0 spiro atoms. The zero-order valence-electron chi connectivity index (χ0n) is 10.9. The van der Waals surface area contributed by atoms with Crippen LogP contribution in [0, 0.1) is 0 Å². The van der Waals surface area contributed by atoms with Gasteiger partial charge < -0.3 is 9.47 Å². The van der Waals surface area contributed by atoms with Gasteiger partial charge in [0.05, 0.1) is 0 Å². The monoisotopic (exact) mass is 256 g/mol. The molecule has 0 aliphatic carbocycles. The minimum absolute atomic E-state index is 0.0176. The number of aromatic nitrogens is 3. The van der Waals surface area contributed by atoms with Gasteiger partial charge in [-0.2, -0.15) is 0 Å². The maximum absolute atomic E-state index is 12.3. The molecule has 2 aromatic rings. The van der Waals surface area contributed by atoms with Crippen molar-refractivity contribution in [2.75, 3.05) is 13.1 Å². The zero-order chi connectivity index (χ0) is 13.2. The predicted octanol–water partition coefficient (Wildman–Crippen LogP) is 1.44. The molecule has 0 aromatic carbocycles. The van der Waals surface area contributed by atoms with Crippen LogP contribution in [0.1, 0.15) is 28.5 Å². The van der Waals surface area contributed by atoms with Crippen LogP contribution in [0.5, 0.6) is 0 Å². The number of amides is 1. The summed E-state index contributed by atoms with van der Waals surface area (Å²) in [4.78, 5) is 22.4. The van der Waals surface area contributed by atoms with Crippen LogP contribution in [0.3, 0.4) is 0 Å². The van der Waals surface area contributed by atoms with E-state index >= 15 is 0 Å². The first-order chi connectivity index (χ1) is 9.25. The van der Waals surface area contributed by atoms with Crippen molar-refractivity contribution in [3.05, 3.63) is 48.3 Å². The lowest BCUT2D eigenvalue weighted by molar-refractivity contribution is 0.0775. The van der Waals surface area contributed by atoms with Crippen molar-refractivity contribution in [2.24, 2.45) is 7.05 Å². The van der Waals surface area contributed by atoms with Crippen LogP contribution in [-0.4, -0.2) is 38.4 Å². The third kappa shape index (κ3) is 2.23.